The van der Waals surface area contributed by atoms with Crippen molar-refractivity contribution in [2.24, 2.45) is 0 Å². The summed E-state index contributed by atoms with van der Waals surface area (Å²) in [4.78, 5) is 0. The Morgan fingerprint density at radius 3 is 2.84 bits per heavy atom. The van der Waals surface area contributed by atoms with Crippen LogP contribution in [0.15, 0.2) is 0 Å². The predicted molar refractivity (Wildman–Crippen MR) is 76.9 cm³/mol. The fourth-order valence-corrected chi connectivity index (χ4v) is 4.88. The van der Waals surface area contributed by atoms with Crippen molar-refractivity contribution in [1.29, 1.82) is 0 Å². The van der Waals surface area contributed by atoms with Crippen LogP contribution in [-0.2, 0) is 10.0 Å². The standard InChI is InChI=1S/C12H21N3O2S2/c1-3-4-8-19(16,17)15-7-5-6-11(9-15)12-14-13-10(2)18-12/h11H,3-9H2,1-2H3/t11-/m0/s1. The van der Waals surface area contributed by atoms with Gasteiger partial charge in [0, 0.05) is 19.0 Å². The van der Waals surface area contributed by atoms with Crippen molar-refractivity contribution >= 4 is 21.4 Å². The van der Waals surface area contributed by atoms with E-state index in [0.717, 1.165) is 35.7 Å². The summed E-state index contributed by atoms with van der Waals surface area (Å²) in [5, 5.41) is 10.1. The van der Waals surface area contributed by atoms with Gasteiger partial charge in [0.1, 0.15) is 10.0 Å². The van der Waals surface area contributed by atoms with Crippen LogP contribution in [0.1, 0.15) is 48.5 Å². The minimum Gasteiger partial charge on any atom is -0.212 e. The Morgan fingerprint density at radius 2 is 2.21 bits per heavy atom. The molecular weight excluding hydrogens is 282 g/mol. The summed E-state index contributed by atoms with van der Waals surface area (Å²) in [6.07, 6.45) is 3.57. The number of rotatable bonds is 5. The zero-order valence-electron chi connectivity index (χ0n) is 11.5. The van der Waals surface area contributed by atoms with Gasteiger partial charge in [-0.25, -0.2) is 12.7 Å². The zero-order chi connectivity index (χ0) is 13.9. The molecule has 0 bridgehead atoms. The Morgan fingerprint density at radius 1 is 1.42 bits per heavy atom. The lowest BCUT2D eigenvalue weighted by Gasteiger charge is -2.30. The van der Waals surface area contributed by atoms with E-state index in [1.807, 2.05) is 13.8 Å². The van der Waals surface area contributed by atoms with Gasteiger partial charge in [0.2, 0.25) is 10.0 Å². The van der Waals surface area contributed by atoms with Crippen molar-refractivity contribution in [3.05, 3.63) is 10.0 Å². The molecule has 19 heavy (non-hydrogen) atoms. The molecule has 1 aromatic rings. The third kappa shape index (κ3) is 3.73. The number of piperidine rings is 1. The fourth-order valence-electron chi connectivity index (χ4n) is 2.33. The molecule has 0 aliphatic carbocycles. The van der Waals surface area contributed by atoms with Crippen LogP contribution in [-0.4, -0.2) is 41.8 Å². The average molecular weight is 303 g/mol. The summed E-state index contributed by atoms with van der Waals surface area (Å²) in [5.74, 6) is 0.488. The molecule has 2 rings (SSSR count). The van der Waals surface area contributed by atoms with Gasteiger partial charge >= 0.3 is 0 Å². The van der Waals surface area contributed by atoms with E-state index in [1.54, 1.807) is 15.6 Å². The van der Waals surface area contributed by atoms with Gasteiger partial charge in [0.05, 0.1) is 5.75 Å². The van der Waals surface area contributed by atoms with Crippen molar-refractivity contribution in [2.75, 3.05) is 18.8 Å². The van der Waals surface area contributed by atoms with Gasteiger partial charge in [-0.15, -0.1) is 21.5 Å². The van der Waals surface area contributed by atoms with Crippen LogP contribution in [0.3, 0.4) is 0 Å². The molecule has 1 fully saturated rings. The third-order valence-corrected chi connectivity index (χ3v) is 6.35. The van der Waals surface area contributed by atoms with Crippen LogP contribution in [0.2, 0.25) is 0 Å². The van der Waals surface area contributed by atoms with Gasteiger partial charge in [0.15, 0.2) is 0 Å². The lowest BCUT2D eigenvalue weighted by Crippen LogP contribution is -2.40. The van der Waals surface area contributed by atoms with Crippen molar-refractivity contribution in [1.82, 2.24) is 14.5 Å². The SMILES string of the molecule is CCCCS(=O)(=O)N1CCC[C@H](c2nnc(C)s2)C1. The number of sulfonamides is 1. The van der Waals surface area contributed by atoms with Crippen molar-refractivity contribution in [3.63, 3.8) is 0 Å². The predicted octanol–water partition coefficient (Wildman–Crippen LogP) is 2.16. The molecular formula is C12H21N3O2S2. The molecule has 0 aromatic carbocycles. The Bertz CT molecular complexity index is 513. The Labute approximate surface area is 119 Å². The van der Waals surface area contributed by atoms with E-state index < -0.39 is 10.0 Å². The summed E-state index contributed by atoms with van der Waals surface area (Å²) in [5.41, 5.74) is 0. The summed E-state index contributed by atoms with van der Waals surface area (Å²) in [7, 11) is -3.09. The van der Waals surface area contributed by atoms with Crippen LogP contribution < -0.4 is 0 Å². The van der Waals surface area contributed by atoms with E-state index in [4.69, 9.17) is 0 Å². The fraction of sp³-hybridized carbons (Fsp3) is 0.833. The van der Waals surface area contributed by atoms with Crippen LogP contribution >= 0.6 is 11.3 Å². The monoisotopic (exact) mass is 303 g/mol. The van der Waals surface area contributed by atoms with Gasteiger partial charge in [-0.3, -0.25) is 0 Å². The molecule has 0 spiro atoms. The highest BCUT2D eigenvalue weighted by molar-refractivity contribution is 7.89. The summed E-state index contributed by atoms with van der Waals surface area (Å²) >= 11 is 1.58. The van der Waals surface area contributed by atoms with Gasteiger partial charge < -0.3 is 0 Å². The van der Waals surface area contributed by atoms with E-state index in [9.17, 15) is 8.42 Å². The second kappa shape index (κ2) is 6.28. The highest BCUT2D eigenvalue weighted by Gasteiger charge is 2.30. The second-order valence-electron chi connectivity index (χ2n) is 5.03. The minimum atomic E-state index is -3.09. The quantitative estimate of drug-likeness (QED) is 0.836. The topological polar surface area (TPSA) is 63.2 Å². The molecule has 0 unspecified atom stereocenters. The first-order valence-corrected chi connectivity index (χ1v) is 9.23. The molecule has 0 amide bonds. The molecule has 7 heteroatoms. The Balaban J connectivity index is 2.05. The van der Waals surface area contributed by atoms with E-state index >= 15 is 0 Å². The Kier molecular flexibility index (Phi) is 4.92. The largest absolute Gasteiger partial charge is 0.214 e. The summed E-state index contributed by atoms with van der Waals surface area (Å²) in [6, 6.07) is 0. The lowest BCUT2D eigenvalue weighted by atomic mass is 10.0. The van der Waals surface area contributed by atoms with E-state index in [1.165, 1.54) is 0 Å². The summed E-state index contributed by atoms with van der Waals surface area (Å²) in [6.45, 7) is 5.17. The molecule has 1 aliphatic rings. The molecule has 1 saturated heterocycles. The molecule has 0 radical (unpaired) electrons. The third-order valence-electron chi connectivity index (χ3n) is 3.42. The molecule has 2 heterocycles. The minimum absolute atomic E-state index is 0.219. The number of aryl methyl sites for hydroxylation is 1. The first-order chi connectivity index (χ1) is 9.03. The number of unbranched alkanes of at least 4 members (excludes halogenated alkanes) is 1. The van der Waals surface area contributed by atoms with Crippen LogP contribution in [0, 0.1) is 6.92 Å². The van der Waals surface area contributed by atoms with E-state index in [0.29, 0.717) is 13.1 Å². The van der Waals surface area contributed by atoms with Gasteiger partial charge in [-0.05, 0) is 26.2 Å². The van der Waals surface area contributed by atoms with E-state index in [-0.39, 0.29) is 11.7 Å². The maximum atomic E-state index is 12.2. The van der Waals surface area contributed by atoms with Crippen LogP contribution in [0.25, 0.3) is 0 Å². The van der Waals surface area contributed by atoms with Gasteiger partial charge in [-0.2, -0.15) is 0 Å². The zero-order valence-corrected chi connectivity index (χ0v) is 13.1. The van der Waals surface area contributed by atoms with E-state index in [2.05, 4.69) is 10.2 Å². The molecule has 0 N–H and O–H groups in total. The Hall–Kier alpha value is -0.530. The first-order valence-electron chi connectivity index (χ1n) is 6.80. The van der Waals surface area contributed by atoms with Crippen LogP contribution in [0.4, 0.5) is 0 Å². The summed E-state index contributed by atoms with van der Waals surface area (Å²) < 4.78 is 26.1. The molecule has 0 saturated carbocycles. The van der Waals surface area contributed by atoms with Crippen LogP contribution in [0.5, 0.6) is 0 Å². The molecule has 1 atom stereocenters. The highest BCUT2D eigenvalue weighted by Crippen LogP contribution is 2.30. The molecule has 108 valence electrons. The normalized spacial score (nSPS) is 21.7. The first kappa shape index (κ1) is 14.9. The smallest absolute Gasteiger partial charge is 0.212 e. The number of nitrogens with zero attached hydrogens (tertiary/aromatic N) is 3. The molecule has 1 aliphatic heterocycles. The van der Waals surface area contributed by atoms with Crippen molar-refractivity contribution in [3.8, 4) is 0 Å². The highest BCUT2D eigenvalue weighted by atomic mass is 32.2. The maximum absolute atomic E-state index is 12.2. The van der Waals surface area contributed by atoms with Gasteiger partial charge in [-0.1, -0.05) is 13.3 Å². The van der Waals surface area contributed by atoms with Crippen molar-refractivity contribution < 1.29 is 8.42 Å². The maximum Gasteiger partial charge on any atom is 0.214 e. The average Bonchev–Trinajstić information content (AvgIpc) is 2.83. The second-order valence-corrected chi connectivity index (χ2v) is 8.33. The van der Waals surface area contributed by atoms with Gasteiger partial charge in [0.25, 0.3) is 0 Å². The van der Waals surface area contributed by atoms with Crippen molar-refractivity contribution in [2.45, 2.75) is 45.4 Å². The number of aromatic nitrogens is 2. The number of hydrogen-bond acceptors (Lipinski definition) is 5. The molecule has 1 aromatic heterocycles. The molecule has 5 nitrogen and oxygen atoms in total. The lowest BCUT2D eigenvalue weighted by molar-refractivity contribution is 0.314. The number of hydrogen-bond donors (Lipinski definition) is 0.